The molecule has 5 heteroatoms. The van der Waals surface area contributed by atoms with Gasteiger partial charge in [0.15, 0.2) is 0 Å². The second-order valence-electron chi connectivity index (χ2n) is 5.08. The molecule has 0 spiro atoms. The van der Waals surface area contributed by atoms with Gasteiger partial charge in [0, 0.05) is 25.3 Å². The van der Waals surface area contributed by atoms with E-state index in [0.29, 0.717) is 0 Å². The summed E-state index contributed by atoms with van der Waals surface area (Å²) in [5.74, 6) is 0.861. The van der Waals surface area contributed by atoms with Crippen molar-refractivity contribution in [3.8, 4) is 5.75 Å². The smallest absolute Gasteiger partial charge is 0.143 e. The Morgan fingerprint density at radius 2 is 2.39 bits per heavy atom. The molecule has 1 aromatic rings. The Kier molecular flexibility index (Phi) is 3.01. The molecule has 0 radical (unpaired) electrons. The number of aliphatic hydroxyl groups excluding tert-OH is 1. The van der Waals surface area contributed by atoms with Crippen LogP contribution < -0.4 is 15.8 Å². The first-order valence-electron chi connectivity index (χ1n) is 6.41. The number of rotatable bonds is 2. The first-order valence-corrected chi connectivity index (χ1v) is 6.41. The molecular formula is C13H19N3O2. The first-order chi connectivity index (χ1) is 8.70. The Morgan fingerprint density at radius 3 is 3.17 bits per heavy atom. The largest absolute Gasteiger partial charge is 0.485 e. The number of hydrogen-bond acceptors (Lipinski definition) is 5. The minimum Gasteiger partial charge on any atom is -0.485 e. The summed E-state index contributed by atoms with van der Waals surface area (Å²) in [5, 5.41) is 12.8. The van der Waals surface area contributed by atoms with E-state index < -0.39 is 0 Å². The van der Waals surface area contributed by atoms with Gasteiger partial charge in [-0.15, -0.1) is 0 Å². The van der Waals surface area contributed by atoms with Crippen LogP contribution in [-0.4, -0.2) is 48.4 Å². The maximum Gasteiger partial charge on any atom is 0.143 e. The van der Waals surface area contributed by atoms with Crippen molar-refractivity contribution in [3.05, 3.63) is 18.2 Å². The van der Waals surface area contributed by atoms with Gasteiger partial charge in [-0.25, -0.2) is 0 Å². The van der Waals surface area contributed by atoms with Crippen LogP contribution in [0.2, 0.25) is 0 Å². The summed E-state index contributed by atoms with van der Waals surface area (Å²) in [6.07, 6.45) is 0.827. The molecule has 3 rings (SSSR count). The molecule has 2 aliphatic heterocycles. The van der Waals surface area contributed by atoms with Gasteiger partial charge in [-0.2, -0.15) is 0 Å². The van der Waals surface area contributed by atoms with Crippen LogP contribution in [0.4, 0.5) is 11.4 Å². The van der Waals surface area contributed by atoms with Gasteiger partial charge >= 0.3 is 0 Å². The summed E-state index contributed by atoms with van der Waals surface area (Å²) in [7, 11) is 0. The minimum atomic E-state index is -0.173. The summed E-state index contributed by atoms with van der Waals surface area (Å²) >= 11 is 0. The number of benzene rings is 1. The van der Waals surface area contributed by atoms with Gasteiger partial charge in [0.05, 0.1) is 18.3 Å². The maximum absolute atomic E-state index is 9.51. The van der Waals surface area contributed by atoms with Gasteiger partial charge in [0.2, 0.25) is 0 Å². The van der Waals surface area contributed by atoms with Gasteiger partial charge in [0.25, 0.3) is 0 Å². The molecule has 18 heavy (non-hydrogen) atoms. The Balaban J connectivity index is 1.62. The van der Waals surface area contributed by atoms with E-state index in [1.807, 2.05) is 18.2 Å². The van der Waals surface area contributed by atoms with Crippen LogP contribution in [0.3, 0.4) is 0 Å². The van der Waals surface area contributed by atoms with Crippen LogP contribution in [0.15, 0.2) is 18.2 Å². The number of nitrogens with one attached hydrogen (secondary N) is 1. The van der Waals surface area contributed by atoms with E-state index >= 15 is 0 Å². The Morgan fingerprint density at radius 1 is 1.50 bits per heavy atom. The van der Waals surface area contributed by atoms with Crippen molar-refractivity contribution in [3.63, 3.8) is 0 Å². The van der Waals surface area contributed by atoms with Crippen molar-refractivity contribution in [2.75, 3.05) is 37.2 Å². The van der Waals surface area contributed by atoms with Crippen molar-refractivity contribution >= 4 is 11.4 Å². The van der Waals surface area contributed by atoms with E-state index in [4.69, 9.17) is 10.5 Å². The highest BCUT2D eigenvalue weighted by molar-refractivity contribution is 5.64. The first kappa shape index (κ1) is 11.6. The van der Waals surface area contributed by atoms with Gasteiger partial charge in [0.1, 0.15) is 11.9 Å². The maximum atomic E-state index is 9.51. The lowest BCUT2D eigenvalue weighted by atomic mass is 10.2. The molecule has 1 unspecified atom stereocenters. The van der Waals surface area contributed by atoms with Crippen LogP contribution in [-0.2, 0) is 0 Å². The number of ether oxygens (including phenoxy) is 1. The minimum absolute atomic E-state index is 0.131. The molecule has 0 saturated carbocycles. The molecule has 2 heterocycles. The van der Waals surface area contributed by atoms with E-state index in [9.17, 15) is 5.11 Å². The summed E-state index contributed by atoms with van der Waals surface area (Å²) in [4.78, 5) is 2.25. The van der Waals surface area contributed by atoms with E-state index in [-0.39, 0.29) is 12.2 Å². The van der Waals surface area contributed by atoms with Crippen LogP contribution in [0.1, 0.15) is 6.42 Å². The third-order valence-corrected chi connectivity index (χ3v) is 3.53. The fraction of sp³-hybridized carbons (Fsp3) is 0.538. The number of anilines is 2. The molecule has 4 N–H and O–H groups in total. The summed E-state index contributed by atoms with van der Waals surface area (Å²) < 4.78 is 5.94. The molecule has 1 fully saturated rings. The summed E-state index contributed by atoms with van der Waals surface area (Å²) in [6.45, 7) is 3.35. The molecule has 0 aliphatic carbocycles. The Hall–Kier alpha value is -1.46. The molecule has 0 bridgehead atoms. The fourth-order valence-corrected chi connectivity index (χ4v) is 2.60. The molecular weight excluding hydrogens is 230 g/mol. The van der Waals surface area contributed by atoms with Crippen LogP contribution in [0.5, 0.6) is 5.75 Å². The molecule has 2 atom stereocenters. The van der Waals surface area contributed by atoms with E-state index in [1.54, 1.807) is 0 Å². The quantitative estimate of drug-likeness (QED) is 0.666. The van der Waals surface area contributed by atoms with Gasteiger partial charge < -0.3 is 20.9 Å². The number of nitrogens with two attached hydrogens (primary N) is 1. The van der Waals surface area contributed by atoms with Crippen molar-refractivity contribution in [1.29, 1.82) is 0 Å². The fourth-order valence-electron chi connectivity index (χ4n) is 2.60. The van der Waals surface area contributed by atoms with E-state index in [0.717, 1.165) is 49.7 Å². The topological polar surface area (TPSA) is 70.8 Å². The third kappa shape index (κ3) is 2.37. The van der Waals surface area contributed by atoms with Crippen LogP contribution >= 0.6 is 0 Å². The molecule has 0 amide bonds. The van der Waals surface area contributed by atoms with E-state index in [2.05, 4.69) is 10.2 Å². The predicted molar refractivity (Wildman–Crippen MR) is 70.8 cm³/mol. The molecule has 2 aliphatic rings. The third-order valence-electron chi connectivity index (χ3n) is 3.53. The van der Waals surface area contributed by atoms with Crippen LogP contribution in [0.25, 0.3) is 0 Å². The lowest BCUT2D eigenvalue weighted by Gasteiger charge is -2.30. The van der Waals surface area contributed by atoms with Crippen molar-refractivity contribution in [2.24, 2.45) is 0 Å². The number of fused-ring (bicyclic) bond motifs is 1. The molecule has 1 saturated heterocycles. The Bertz CT molecular complexity index is 438. The zero-order valence-corrected chi connectivity index (χ0v) is 10.3. The molecule has 0 aromatic heterocycles. The molecule has 5 nitrogen and oxygen atoms in total. The normalized spacial score (nSPS) is 27.4. The van der Waals surface area contributed by atoms with Gasteiger partial charge in [-0.05, 0) is 24.6 Å². The lowest BCUT2D eigenvalue weighted by Crippen LogP contribution is -2.41. The predicted octanol–water partition coefficient (Wildman–Crippen LogP) is 0.508. The Labute approximate surface area is 107 Å². The van der Waals surface area contributed by atoms with E-state index in [1.165, 1.54) is 0 Å². The number of β-amino-alcohol motifs (C(OH)–C–C–N with tert-alkyl or cyclic N) is 1. The highest BCUT2D eigenvalue weighted by Crippen LogP contribution is 2.31. The van der Waals surface area contributed by atoms with Gasteiger partial charge in [-0.1, -0.05) is 0 Å². The SMILES string of the molecule is Nc1ccc2c(c1)NCC(CN1CC[C@H](O)C1)O2. The van der Waals surface area contributed by atoms with Crippen molar-refractivity contribution in [1.82, 2.24) is 4.90 Å². The second-order valence-corrected chi connectivity index (χ2v) is 5.08. The molecule has 1 aromatic carbocycles. The average molecular weight is 249 g/mol. The summed E-state index contributed by atoms with van der Waals surface area (Å²) in [6, 6.07) is 5.65. The molecule has 98 valence electrons. The lowest BCUT2D eigenvalue weighted by molar-refractivity contribution is 0.132. The van der Waals surface area contributed by atoms with Crippen molar-refractivity contribution in [2.45, 2.75) is 18.6 Å². The summed E-state index contributed by atoms with van der Waals surface area (Å²) in [5.41, 5.74) is 7.44. The highest BCUT2D eigenvalue weighted by atomic mass is 16.5. The van der Waals surface area contributed by atoms with Crippen molar-refractivity contribution < 1.29 is 9.84 Å². The standard InChI is InChI=1S/C13H19N3O2/c14-9-1-2-13-12(5-9)15-6-11(18-13)8-16-4-3-10(17)7-16/h1-2,5,10-11,15,17H,3-4,6-8,14H2/t10-,11?/m0/s1. The van der Waals surface area contributed by atoms with Crippen LogP contribution in [0, 0.1) is 0 Å². The number of likely N-dealkylation sites (tertiary alicyclic amines) is 1. The van der Waals surface area contributed by atoms with Gasteiger partial charge in [-0.3, -0.25) is 4.90 Å². The number of nitrogens with zero attached hydrogens (tertiary/aromatic N) is 1. The number of aliphatic hydroxyl groups is 1. The average Bonchev–Trinajstić information content (AvgIpc) is 2.75. The zero-order chi connectivity index (χ0) is 12.5. The zero-order valence-electron chi connectivity index (χ0n) is 10.3. The number of nitrogen functional groups attached to an aromatic ring is 1. The second kappa shape index (κ2) is 4.66. The monoisotopic (exact) mass is 249 g/mol. The highest BCUT2D eigenvalue weighted by Gasteiger charge is 2.26. The number of hydrogen-bond donors (Lipinski definition) is 3.